The van der Waals surface area contributed by atoms with E-state index in [4.69, 9.17) is 21.3 Å². The van der Waals surface area contributed by atoms with E-state index in [1.54, 1.807) is 13.3 Å². The van der Waals surface area contributed by atoms with Crippen LogP contribution in [-0.4, -0.2) is 56.1 Å². The van der Waals surface area contributed by atoms with E-state index >= 15 is 0 Å². The van der Waals surface area contributed by atoms with Crippen LogP contribution in [0.25, 0.3) is 33.4 Å². The molecule has 0 radical (unpaired) electrons. The molecule has 10 heteroatoms. The first-order chi connectivity index (χ1) is 21.3. The molecular weight excluding hydrogens is 576 g/mol. The number of halogens is 1. The molecule has 1 atom stereocenters. The Hall–Kier alpha value is -4.60. The number of ether oxygens (including phenoxy) is 1. The number of aromatic nitrogens is 4. The minimum Gasteiger partial charge on any atom is -0.481 e. The monoisotopic (exact) mass is 608 g/mol. The third kappa shape index (κ3) is 5.93. The summed E-state index contributed by atoms with van der Waals surface area (Å²) < 4.78 is 5.69. The number of methoxy groups -OCH3 is 1. The van der Waals surface area contributed by atoms with Crippen LogP contribution in [0.1, 0.15) is 29.8 Å². The number of rotatable bonds is 8. The van der Waals surface area contributed by atoms with Crippen LogP contribution in [0.4, 0.5) is 11.5 Å². The van der Waals surface area contributed by atoms with E-state index in [1.807, 2.05) is 67.6 Å². The van der Waals surface area contributed by atoms with Gasteiger partial charge in [-0.05, 0) is 68.6 Å². The molecule has 6 rings (SSSR count). The van der Waals surface area contributed by atoms with E-state index in [-0.39, 0.29) is 5.92 Å². The number of likely N-dealkylation sites (tertiary alicyclic amines) is 1. The number of anilines is 2. The van der Waals surface area contributed by atoms with Crippen LogP contribution in [0.2, 0.25) is 5.02 Å². The maximum Gasteiger partial charge on any atom is 0.307 e. The summed E-state index contributed by atoms with van der Waals surface area (Å²) in [6, 6.07) is 19.7. The fraction of sp³-hybridized carbons (Fsp3) is 0.265. The van der Waals surface area contributed by atoms with Crippen LogP contribution in [0, 0.1) is 19.8 Å². The van der Waals surface area contributed by atoms with Crippen molar-refractivity contribution >= 4 is 40.1 Å². The van der Waals surface area contributed by atoms with E-state index < -0.39 is 5.97 Å². The quantitative estimate of drug-likeness (QED) is 0.191. The molecule has 1 fully saturated rings. The Kier molecular flexibility index (Phi) is 8.41. The zero-order valence-corrected chi connectivity index (χ0v) is 25.6. The summed E-state index contributed by atoms with van der Waals surface area (Å²) in [5.41, 5.74) is 7.63. The van der Waals surface area contributed by atoms with Gasteiger partial charge >= 0.3 is 5.97 Å². The van der Waals surface area contributed by atoms with Crippen LogP contribution in [0.5, 0.6) is 5.88 Å². The van der Waals surface area contributed by atoms with Gasteiger partial charge in [0.25, 0.3) is 0 Å². The summed E-state index contributed by atoms with van der Waals surface area (Å²) in [5.74, 6) is 0.724. The Balaban J connectivity index is 1.30. The van der Waals surface area contributed by atoms with Gasteiger partial charge in [0.05, 0.1) is 29.3 Å². The van der Waals surface area contributed by atoms with E-state index in [0.29, 0.717) is 53.3 Å². The number of benzene rings is 2. The van der Waals surface area contributed by atoms with Crippen molar-refractivity contribution in [3.63, 3.8) is 0 Å². The minimum absolute atomic E-state index is 0.346. The van der Waals surface area contributed by atoms with Gasteiger partial charge in [-0.25, -0.2) is 15.0 Å². The number of hydrogen-bond donors (Lipinski definition) is 2. The molecule has 1 aliphatic heterocycles. The molecular formula is C34H33ClN6O3. The standard InChI is InChI=1S/C34H33ClN6O3/c1-20-24(9-5-12-27(20)39-32-31-29(13-6-16-36-31)37-21(2)38-32)25-10-4-11-26(30(25)35)28-15-14-22(33(40-28)44-3)18-41-17-7-8-23(19-41)34(42)43/h4-6,9-16,23H,7-8,17-19H2,1-3H3,(H,42,43)(H,37,38,39)/t23-/m1/s1. The molecule has 2 N–H and O–H groups in total. The van der Waals surface area contributed by atoms with Gasteiger partial charge in [0, 0.05) is 41.7 Å². The van der Waals surface area contributed by atoms with Crippen molar-refractivity contribution in [1.29, 1.82) is 0 Å². The third-order valence-corrected chi connectivity index (χ3v) is 8.51. The van der Waals surface area contributed by atoms with Gasteiger partial charge < -0.3 is 15.2 Å². The first-order valence-corrected chi connectivity index (χ1v) is 14.9. The predicted octanol–water partition coefficient (Wildman–Crippen LogP) is 7.07. The average molecular weight is 609 g/mol. The lowest BCUT2D eigenvalue weighted by molar-refractivity contribution is -0.143. The van der Waals surface area contributed by atoms with Crippen molar-refractivity contribution in [3.05, 3.63) is 88.8 Å². The number of pyridine rings is 2. The Labute approximate surface area is 260 Å². The lowest BCUT2D eigenvalue weighted by Crippen LogP contribution is -2.38. The molecule has 0 amide bonds. The molecule has 4 heterocycles. The number of nitrogens with zero attached hydrogens (tertiary/aromatic N) is 5. The van der Waals surface area contributed by atoms with Crippen LogP contribution in [0.15, 0.2) is 66.9 Å². The van der Waals surface area contributed by atoms with E-state index in [1.165, 1.54) is 0 Å². The predicted molar refractivity (Wildman–Crippen MR) is 172 cm³/mol. The topological polar surface area (TPSA) is 113 Å². The van der Waals surface area contributed by atoms with Crippen molar-refractivity contribution < 1.29 is 14.6 Å². The largest absolute Gasteiger partial charge is 0.481 e. The summed E-state index contributed by atoms with van der Waals surface area (Å²) >= 11 is 7.10. The Bertz CT molecular complexity index is 1860. The summed E-state index contributed by atoms with van der Waals surface area (Å²) in [7, 11) is 1.60. The SMILES string of the molecule is COc1nc(-c2cccc(-c3cccc(Nc4nc(C)nc5cccnc45)c3C)c2Cl)ccc1CN1CCC[C@@H](C(=O)O)C1. The highest BCUT2D eigenvalue weighted by atomic mass is 35.5. The highest BCUT2D eigenvalue weighted by Crippen LogP contribution is 2.40. The van der Waals surface area contributed by atoms with Crippen LogP contribution >= 0.6 is 11.6 Å². The fourth-order valence-corrected chi connectivity index (χ4v) is 6.18. The molecule has 2 aromatic carbocycles. The van der Waals surface area contributed by atoms with Crippen molar-refractivity contribution in [2.75, 3.05) is 25.5 Å². The van der Waals surface area contributed by atoms with Gasteiger partial charge in [0.1, 0.15) is 11.3 Å². The third-order valence-electron chi connectivity index (χ3n) is 8.10. The highest BCUT2D eigenvalue weighted by molar-refractivity contribution is 6.36. The zero-order chi connectivity index (χ0) is 30.8. The maximum absolute atomic E-state index is 11.5. The van der Waals surface area contributed by atoms with Crippen molar-refractivity contribution in [2.24, 2.45) is 5.92 Å². The first-order valence-electron chi connectivity index (χ1n) is 14.6. The molecule has 1 aliphatic rings. The molecule has 0 aliphatic carbocycles. The van der Waals surface area contributed by atoms with Gasteiger partial charge in [-0.15, -0.1) is 0 Å². The van der Waals surface area contributed by atoms with Gasteiger partial charge in [0.2, 0.25) is 5.88 Å². The minimum atomic E-state index is -0.740. The summed E-state index contributed by atoms with van der Waals surface area (Å²) in [5, 5.41) is 13.5. The molecule has 0 saturated carbocycles. The van der Waals surface area contributed by atoms with Crippen molar-refractivity contribution in [2.45, 2.75) is 33.2 Å². The Morgan fingerprint density at radius 1 is 1.02 bits per heavy atom. The number of carboxylic acid groups (broad SMARTS) is 1. The molecule has 5 aromatic rings. The van der Waals surface area contributed by atoms with Crippen LogP contribution in [0.3, 0.4) is 0 Å². The summed E-state index contributed by atoms with van der Waals surface area (Å²) in [6.45, 7) is 5.86. The molecule has 0 unspecified atom stereocenters. The Morgan fingerprint density at radius 2 is 1.82 bits per heavy atom. The number of fused-ring (bicyclic) bond motifs is 1. The van der Waals surface area contributed by atoms with Crippen molar-refractivity contribution in [3.8, 4) is 28.3 Å². The maximum atomic E-state index is 11.5. The van der Waals surface area contributed by atoms with Gasteiger partial charge in [-0.2, -0.15) is 0 Å². The van der Waals surface area contributed by atoms with E-state index in [2.05, 4.69) is 32.1 Å². The molecule has 9 nitrogen and oxygen atoms in total. The number of carboxylic acids is 1. The molecule has 224 valence electrons. The number of piperidine rings is 1. The molecule has 0 bridgehead atoms. The number of hydrogen-bond acceptors (Lipinski definition) is 8. The fourth-order valence-electron chi connectivity index (χ4n) is 5.86. The number of nitrogens with one attached hydrogen (secondary N) is 1. The van der Waals surface area contributed by atoms with Gasteiger partial charge in [0.15, 0.2) is 5.82 Å². The summed E-state index contributed by atoms with van der Waals surface area (Å²) in [4.78, 5) is 32.1. The average Bonchev–Trinajstić information content (AvgIpc) is 3.02. The second kappa shape index (κ2) is 12.6. The second-order valence-electron chi connectivity index (χ2n) is 11.0. The first kappa shape index (κ1) is 29.5. The molecule has 1 saturated heterocycles. The lowest BCUT2D eigenvalue weighted by atomic mass is 9.96. The Morgan fingerprint density at radius 3 is 2.64 bits per heavy atom. The smallest absolute Gasteiger partial charge is 0.307 e. The molecule has 0 spiro atoms. The van der Waals surface area contributed by atoms with E-state index in [9.17, 15) is 9.90 Å². The highest BCUT2D eigenvalue weighted by Gasteiger charge is 2.26. The summed E-state index contributed by atoms with van der Waals surface area (Å²) in [6.07, 6.45) is 3.30. The molecule has 44 heavy (non-hydrogen) atoms. The number of aliphatic carboxylic acids is 1. The normalized spacial score (nSPS) is 15.3. The number of carbonyl (C=O) groups is 1. The van der Waals surface area contributed by atoms with Gasteiger partial charge in [-0.3, -0.25) is 14.7 Å². The second-order valence-corrected chi connectivity index (χ2v) is 11.4. The van der Waals surface area contributed by atoms with Crippen LogP contribution in [-0.2, 0) is 11.3 Å². The van der Waals surface area contributed by atoms with E-state index in [0.717, 1.165) is 52.0 Å². The number of aryl methyl sites for hydroxylation is 1. The lowest BCUT2D eigenvalue weighted by Gasteiger charge is -2.30. The zero-order valence-electron chi connectivity index (χ0n) is 24.8. The van der Waals surface area contributed by atoms with Gasteiger partial charge in [-0.1, -0.05) is 48.0 Å². The van der Waals surface area contributed by atoms with Crippen molar-refractivity contribution in [1.82, 2.24) is 24.8 Å². The molecule has 3 aromatic heterocycles. The van der Waals surface area contributed by atoms with Crippen LogP contribution < -0.4 is 10.1 Å².